The highest BCUT2D eigenvalue weighted by atomic mass is 16.2. The number of nitrogens with zero attached hydrogens (tertiary/aromatic N) is 1. The van der Waals surface area contributed by atoms with E-state index in [1.807, 2.05) is 0 Å². The summed E-state index contributed by atoms with van der Waals surface area (Å²) in [7, 11) is 0. The summed E-state index contributed by atoms with van der Waals surface area (Å²) in [5, 5.41) is 0. The lowest BCUT2D eigenvalue weighted by atomic mass is 9.84. The van der Waals surface area contributed by atoms with E-state index in [2.05, 4.69) is 65.5 Å². The van der Waals surface area contributed by atoms with Gasteiger partial charge in [-0.3, -0.25) is 4.79 Å². The quantitative estimate of drug-likeness (QED) is 0.691. The van der Waals surface area contributed by atoms with Gasteiger partial charge in [-0.25, -0.2) is 0 Å². The third-order valence-electron chi connectivity index (χ3n) is 4.20. The summed E-state index contributed by atoms with van der Waals surface area (Å²) < 4.78 is 0. The van der Waals surface area contributed by atoms with Crippen LogP contribution in [0, 0.1) is 24.7 Å². The van der Waals surface area contributed by atoms with Crippen LogP contribution in [0.15, 0.2) is 12.1 Å². The highest BCUT2D eigenvalue weighted by Gasteiger charge is 2.25. The van der Waals surface area contributed by atoms with Gasteiger partial charge in [0, 0.05) is 5.56 Å². The van der Waals surface area contributed by atoms with Gasteiger partial charge in [0.15, 0.2) is 0 Å². The second kappa shape index (κ2) is 8.60. The standard InChI is InChI=1S/C22H29NO/c1-9-11-23(12-10-2)22(24)21-19(16(5)6)13-18(15(3)4)14-20(21)17(7)8/h1-2,13-17H,11-12H2,3-8H3. The first-order valence-electron chi connectivity index (χ1n) is 8.58. The molecule has 1 rings (SSSR count). The van der Waals surface area contributed by atoms with Crippen LogP contribution in [-0.2, 0) is 0 Å². The molecule has 0 saturated heterocycles. The Balaban J connectivity index is 3.62. The van der Waals surface area contributed by atoms with Gasteiger partial charge in [0.1, 0.15) is 0 Å². The predicted molar refractivity (Wildman–Crippen MR) is 102 cm³/mol. The Morgan fingerprint density at radius 3 is 1.62 bits per heavy atom. The summed E-state index contributed by atoms with van der Waals surface area (Å²) in [5.74, 6) is 5.93. The van der Waals surface area contributed by atoms with Crippen molar-refractivity contribution < 1.29 is 4.79 Å². The number of amides is 1. The Labute approximate surface area is 147 Å². The number of hydrogen-bond donors (Lipinski definition) is 0. The van der Waals surface area contributed by atoms with E-state index in [4.69, 9.17) is 12.8 Å². The number of carbonyl (C=O) groups excluding carboxylic acids is 1. The molecule has 0 radical (unpaired) electrons. The molecule has 0 aliphatic heterocycles. The summed E-state index contributed by atoms with van der Waals surface area (Å²) in [6.07, 6.45) is 10.8. The molecule has 24 heavy (non-hydrogen) atoms. The molecule has 0 heterocycles. The SMILES string of the molecule is C#CCN(CC#C)C(=O)c1c(C(C)C)cc(C(C)C)cc1C(C)C. The zero-order valence-electron chi connectivity index (χ0n) is 15.8. The molecular weight excluding hydrogens is 294 g/mol. The van der Waals surface area contributed by atoms with E-state index in [0.29, 0.717) is 5.92 Å². The Morgan fingerprint density at radius 2 is 1.33 bits per heavy atom. The topological polar surface area (TPSA) is 20.3 Å². The smallest absolute Gasteiger partial charge is 0.256 e. The number of benzene rings is 1. The molecule has 2 heteroatoms. The maximum Gasteiger partial charge on any atom is 0.256 e. The van der Waals surface area contributed by atoms with Crippen molar-refractivity contribution in [3.8, 4) is 24.7 Å². The molecule has 0 saturated carbocycles. The molecule has 0 spiro atoms. The highest BCUT2D eigenvalue weighted by Crippen LogP contribution is 2.32. The molecule has 1 aromatic rings. The normalized spacial score (nSPS) is 10.8. The van der Waals surface area contributed by atoms with Crippen molar-refractivity contribution in [2.45, 2.75) is 59.3 Å². The van der Waals surface area contributed by atoms with E-state index in [1.165, 1.54) is 5.56 Å². The van der Waals surface area contributed by atoms with E-state index in [9.17, 15) is 4.79 Å². The second-order valence-corrected chi connectivity index (χ2v) is 7.11. The number of carbonyl (C=O) groups is 1. The summed E-state index contributed by atoms with van der Waals surface area (Å²) in [4.78, 5) is 14.8. The van der Waals surface area contributed by atoms with Crippen LogP contribution in [0.2, 0.25) is 0 Å². The second-order valence-electron chi connectivity index (χ2n) is 7.11. The lowest BCUT2D eigenvalue weighted by Gasteiger charge is -2.26. The molecular formula is C22H29NO. The van der Waals surface area contributed by atoms with Gasteiger partial charge >= 0.3 is 0 Å². The van der Waals surface area contributed by atoms with E-state index >= 15 is 0 Å². The van der Waals surface area contributed by atoms with Crippen molar-refractivity contribution in [1.82, 2.24) is 4.90 Å². The molecule has 2 nitrogen and oxygen atoms in total. The summed E-state index contributed by atoms with van der Waals surface area (Å²) >= 11 is 0. The molecule has 0 unspecified atom stereocenters. The fraction of sp³-hybridized carbons (Fsp3) is 0.500. The minimum atomic E-state index is -0.0615. The van der Waals surface area contributed by atoms with Crippen molar-refractivity contribution in [3.05, 3.63) is 34.4 Å². The van der Waals surface area contributed by atoms with E-state index < -0.39 is 0 Å². The molecule has 0 aromatic heterocycles. The Morgan fingerprint density at radius 1 is 0.917 bits per heavy atom. The first-order chi connectivity index (χ1) is 11.2. The summed E-state index contributed by atoms with van der Waals surface area (Å²) in [6.45, 7) is 13.3. The number of rotatable bonds is 6. The lowest BCUT2D eigenvalue weighted by molar-refractivity contribution is 0.0793. The molecule has 0 atom stereocenters. The van der Waals surface area contributed by atoms with Gasteiger partial charge in [-0.1, -0.05) is 65.5 Å². The fourth-order valence-corrected chi connectivity index (χ4v) is 2.78. The minimum Gasteiger partial charge on any atom is -0.316 e. The van der Waals surface area contributed by atoms with Gasteiger partial charge in [0.2, 0.25) is 0 Å². The zero-order chi connectivity index (χ0) is 18.4. The Kier molecular flexibility index (Phi) is 7.12. The third-order valence-corrected chi connectivity index (χ3v) is 4.20. The van der Waals surface area contributed by atoms with Crippen LogP contribution in [-0.4, -0.2) is 23.9 Å². The van der Waals surface area contributed by atoms with E-state index in [-0.39, 0.29) is 30.8 Å². The van der Waals surface area contributed by atoms with Crippen molar-refractivity contribution in [2.24, 2.45) is 0 Å². The molecule has 1 amide bonds. The van der Waals surface area contributed by atoms with Crippen molar-refractivity contribution >= 4 is 5.91 Å². The van der Waals surface area contributed by atoms with Crippen LogP contribution < -0.4 is 0 Å². The first kappa shape index (κ1) is 19.9. The first-order valence-corrected chi connectivity index (χ1v) is 8.58. The summed E-state index contributed by atoms with van der Waals surface area (Å²) in [5.41, 5.74) is 4.19. The molecule has 0 N–H and O–H groups in total. The average Bonchev–Trinajstić information content (AvgIpc) is 2.52. The maximum atomic E-state index is 13.2. The number of terminal acetylenes is 2. The molecule has 0 aliphatic carbocycles. The maximum absolute atomic E-state index is 13.2. The fourth-order valence-electron chi connectivity index (χ4n) is 2.78. The van der Waals surface area contributed by atoms with Gasteiger partial charge in [-0.15, -0.1) is 12.8 Å². The Hall–Kier alpha value is -2.19. The molecule has 0 aliphatic rings. The van der Waals surface area contributed by atoms with Crippen molar-refractivity contribution in [3.63, 3.8) is 0 Å². The number of hydrogen-bond acceptors (Lipinski definition) is 1. The van der Waals surface area contributed by atoms with Crippen LogP contribution >= 0.6 is 0 Å². The monoisotopic (exact) mass is 323 g/mol. The molecule has 0 fully saturated rings. The highest BCUT2D eigenvalue weighted by molar-refractivity contribution is 5.98. The van der Waals surface area contributed by atoms with E-state index in [1.54, 1.807) is 4.90 Å². The van der Waals surface area contributed by atoms with Gasteiger partial charge in [-0.05, 0) is 34.4 Å². The van der Waals surface area contributed by atoms with Gasteiger partial charge in [0.05, 0.1) is 13.1 Å². The molecule has 0 bridgehead atoms. The van der Waals surface area contributed by atoms with Gasteiger partial charge < -0.3 is 4.90 Å². The van der Waals surface area contributed by atoms with Crippen LogP contribution in [0.5, 0.6) is 0 Å². The van der Waals surface area contributed by atoms with Crippen molar-refractivity contribution in [2.75, 3.05) is 13.1 Å². The zero-order valence-corrected chi connectivity index (χ0v) is 15.8. The third kappa shape index (κ3) is 4.42. The molecule has 1 aromatic carbocycles. The largest absolute Gasteiger partial charge is 0.316 e. The average molecular weight is 323 g/mol. The van der Waals surface area contributed by atoms with Crippen LogP contribution in [0.4, 0.5) is 0 Å². The Bertz CT molecular complexity index is 623. The van der Waals surface area contributed by atoms with Gasteiger partial charge in [-0.2, -0.15) is 0 Å². The van der Waals surface area contributed by atoms with Crippen LogP contribution in [0.1, 0.15) is 86.3 Å². The molecule has 128 valence electrons. The van der Waals surface area contributed by atoms with Gasteiger partial charge in [0.25, 0.3) is 5.91 Å². The predicted octanol–water partition coefficient (Wildman–Crippen LogP) is 4.77. The van der Waals surface area contributed by atoms with E-state index in [0.717, 1.165) is 16.7 Å². The van der Waals surface area contributed by atoms with Crippen molar-refractivity contribution in [1.29, 1.82) is 0 Å². The minimum absolute atomic E-state index is 0.0615. The van der Waals surface area contributed by atoms with Crippen LogP contribution in [0.3, 0.4) is 0 Å². The lowest BCUT2D eigenvalue weighted by Crippen LogP contribution is -2.33. The summed E-state index contributed by atoms with van der Waals surface area (Å²) in [6, 6.07) is 4.33. The van der Waals surface area contributed by atoms with Crippen LogP contribution in [0.25, 0.3) is 0 Å².